The number of carbonyl (C=O) groups is 1. The minimum atomic E-state index is -0.00193. The first-order valence-corrected chi connectivity index (χ1v) is 9.97. The second-order valence-electron chi connectivity index (χ2n) is 6.79. The lowest BCUT2D eigenvalue weighted by Crippen LogP contribution is -2.06. The van der Waals surface area contributed by atoms with Crippen molar-refractivity contribution in [2.24, 2.45) is 0 Å². The molecule has 2 heterocycles. The Balaban J connectivity index is 1.68. The van der Waals surface area contributed by atoms with E-state index in [-0.39, 0.29) is 5.78 Å². The molecule has 2 aromatic heterocycles. The van der Waals surface area contributed by atoms with Crippen molar-refractivity contribution in [1.82, 2.24) is 9.97 Å². The topological polar surface area (TPSA) is 74.5 Å². The quantitative estimate of drug-likeness (QED) is 0.340. The summed E-state index contributed by atoms with van der Waals surface area (Å²) in [7, 11) is 1.60. The number of ether oxygens (including phenoxy) is 2. The highest BCUT2D eigenvalue weighted by Gasteiger charge is 2.14. The molecule has 1 aromatic carbocycles. The predicted molar refractivity (Wildman–Crippen MR) is 115 cm³/mol. The summed E-state index contributed by atoms with van der Waals surface area (Å²) in [6.07, 6.45) is 9.00. The molecule has 0 saturated carbocycles. The van der Waals surface area contributed by atoms with Crippen LogP contribution in [-0.4, -0.2) is 29.5 Å². The van der Waals surface area contributed by atoms with Gasteiger partial charge in [-0.05, 0) is 43.2 Å². The lowest BCUT2D eigenvalue weighted by atomic mass is 10.1. The number of allylic oxidation sites excluding steroid dienone is 1. The van der Waals surface area contributed by atoms with Gasteiger partial charge < -0.3 is 13.9 Å². The molecule has 0 saturated heterocycles. The van der Waals surface area contributed by atoms with Crippen molar-refractivity contribution in [2.45, 2.75) is 33.1 Å². The molecule has 0 fully saturated rings. The Morgan fingerprint density at radius 1 is 1.20 bits per heavy atom. The average molecular weight is 406 g/mol. The molecule has 6 nitrogen and oxygen atoms in total. The van der Waals surface area contributed by atoms with Gasteiger partial charge in [-0.2, -0.15) is 0 Å². The summed E-state index contributed by atoms with van der Waals surface area (Å²) in [6.45, 7) is 4.41. The lowest BCUT2D eigenvalue weighted by Gasteiger charge is -2.10. The fourth-order valence-electron chi connectivity index (χ4n) is 2.99. The zero-order valence-electron chi connectivity index (χ0n) is 17.6. The van der Waals surface area contributed by atoms with Gasteiger partial charge in [0.1, 0.15) is 18.6 Å². The summed E-state index contributed by atoms with van der Waals surface area (Å²) in [5, 5.41) is 0. The maximum atomic E-state index is 12.4. The molecule has 0 bridgehead atoms. The SMILES string of the molecule is CCC=CCOc1cc(-c2nc(CCC(=O)c3ncccc3C)co2)ccc1OC. The van der Waals surface area contributed by atoms with Crippen molar-refractivity contribution in [3.63, 3.8) is 0 Å². The van der Waals surface area contributed by atoms with Gasteiger partial charge in [0.25, 0.3) is 0 Å². The summed E-state index contributed by atoms with van der Waals surface area (Å²) >= 11 is 0. The zero-order valence-corrected chi connectivity index (χ0v) is 17.6. The van der Waals surface area contributed by atoms with Crippen LogP contribution in [0.25, 0.3) is 11.5 Å². The second kappa shape index (κ2) is 10.4. The van der Waals surface area contributed by atoms with Crippen LogP contribution >= 0.6 is 0 Å². The number of hydrogen-bond donors (Lipinski definition) is 0. The standard InChI is InChI=1S/C24H26N2O4/c1-4-5-6-14-29-22-15-18(9-12-21(22)28-3)24-26-19(16-30-24)10-11-20(27)23-17(2)8-7-13-25-23/h5-9,12-13,15-16H,4,10-11,14H2,1-3H3. The van der Waals surface area contributed by atoms with Crippen molar-refractivity contribution in [3.8, 4) is 23.0 Å². The molecule has 6 heteroatoms. The van der Waals surface area contributed by atoms with Gasteiger partial charge in [-0.1, -0.05) is 25.1 Å². The molecule has 3 rings (SSSR count). The summed E-state index contributed by atoms with van der Waals surface area (Å²) in [5.74, 6) is 1.74. The Bertz CT molecular complexity index is 1020. The fourth-order valence-corrected chi connectivity index (χ4v) is 2.99. The molecule has 0 aliphatic heterocycles. The molecule has 3 aromatic rings. The van der Waals surface area contributed by atoms with Crippen LogP contribution in [0.15, 0.2) is 59.4 Å². The van der Waals surface area contributed by atoms with Crippen LogP contribution in [0, 0.1) is 6.92 Å². The van der Waals surface area contributed by atoms with E-state index in [0.717, 1.165) is 23.2 Å². The highest BCUT2D eigenvalue weighted by atomic mass is 16.5. The zero-order chi connectivity index (χ0) is 21.3. The molecule has 0 aliphatic rings. The monoisotopic (exact) mass is 406 g/mol. The molecular weight excluding hydrogens is 380 g/mol. The van der Waals surface area contributed by atoms with E-state index < -0.39 is 0 Å². The number of benzene rings is 1. The molecule has 156 valence electrons. The van der Waals surface area contributed by atoms with Gasteiger partial charge in [-0.15, -0.1) is 0 Å². The summed E-state index contributed by atoms with van der Waals surface area (Å²) < 4.78 is 16.8. The fraction of sp³-hybridized carbons (Fsp3) is 0.292. The number of pyridine rings is 1. The van der Waals surface area contributed by atoms with Crippen molar-refractivity contribution in [2.75, 3.05) is 13.7 Å². The van der Waals surface area contributed by atoms with Crippen LogP contribution < -0.4 is 9.47 Å². The van der Waals surface area contributed by atoms with Gasteiger partial charge in [-0.3, -0.25) is 9.78 Å². The third-order valence-corrected chi connectivity index (χ3v) is 4.58. The molecular formula is C24H26N2O4. The number of carbonyl (C=O) groups excluding carboxylic acids is 1. The normalized spacial score (nSPS) is 11.0. The largest absolute Gasteiger partial charge is 0.493 e. The van der Waals surface area contributed by atoms with E-state index in [1.807, 2.05) is 49.4 Å². The molecule has 30 heavy (non-hydrogen) atoms. The van der Waals surface area contributed by atoms with Crippen molar-refractivity contribution in [3.05, 3.63) is 71.9 Å². The smallest absolute Gasteiger partial charge is 0.226 e. The van der Waals surface area contributed by atoms with E-state index in [2.05, 4.69) is 16.9 Å². The van der Waals surface area contributed by atoms with Crippen LogP contribution in [0.5, 0.6) is 11.5 Å². The van der Waals surface area contributed by atoms with E-state index >= 15 is 0 Å². The number of rotatable bonds is 10. The molecule has 0 spiro atoms. The predicted octanol–water partition coefficient (Wildman–Crippen LogP) is 5.21. The minimum absolute atomic E-state index is 0.00193. The van der Waals surface area contributed by atoms with Crippen LogP contribution in [0.1, 0.15) is 41.5 Å². The van der Waals surface area contributed by atoms with Gasteiger partial charge in [0.15, 0.2) is 17.3 Å². The number of aromatic nitrogens is 2. The molecule has 0 N–H and O–H groups in total. The van der Waals surface area contributed by atoms with E-state index in [0.29, 0.717) is 42.5 Å². The average Bonchev–Trinajstić information content (AvgIpc) is 3.24. The first-order valence-electron chi connectivity index (χ1n) is 9.97. The molecule has 0 amide bonds. The van der Waals surface area contributed by atoms with E-state index in [1.165, 1.54) is 0 Å². The number of ketones is 1. The number of oxazole rings is 1. The van der Waals surface area contributed by atoms with Gasteiger partial charge in [0.2, 0.25) is 5.89 Å². The molecule has 0 unspecified atom stereocenters. The van der Waals surface area contributed by atoms with Crippen LogP contribution in [0.3, 0.4) is 0 Å². The molecule has 0 atom stereocenters. The van der Waals surface area contributed by atoms with Crippen molar-refractivity contribution in [1.29, 1.82) is 0 Å². The first-order chi connectivity index (χ1) is 14.6. The van der Waals surface area contributed by atoms with Crippen molar-refractivity contribution >= 4 is 5.78 Å². The minimum Gasteiger partial charge on any atom is -0.493 e. The Morgan fingerprint density at radius 3 is 2.83 bits per heavy atom. The van der Waals surface area contributed by atoms with Gasteiger partial charge in [0, 0.05) is 24.6 Å². The Hall–Kier alpha value is -3.41. The maximum absolute atomic E-state index is 12.4. The van der Waals surface area contributed by atoms with Crippen LogP contribution in [0.2, 0.25) is 0 Å². The second-order valence-corrected chi connectivity index (χ2v) is 6.79. The van der Waals surface area contributed by atoms with E-state index in [9.17, 15) is 4.79 Å². The summed E-state index contributed by atoms with van der Waals surface area (Å²) in [6, 6.07) is 9.24. The third kappa shape index (κ3) is 5.35. The number of aryl methyl sites for hydroxylation is 2. The maximum Gasteiger partial charge on any atom is 0.226 e. The third-order valence-electron chi connectivity index (χ3n) is 4.58. The Morgan fingerprint density at radius 2 is 2.07 bits per heavy atom. The number of nitrogens with zero attached hydrogens (tertiary/aromatic N) is 2. The number of hydrogen-bond acceptors (Lipinski definition) is 6. The summed E-state index contributed by atoms with van der Waals surface area (Å²) in [4.78, 5) is 21.1. The van der Waals surface area contributed by atoms with Gasteiger partial charge in [0.05, 0.1) is 12.8 Å². The first kappa shape index (κ1) is 21.3. The van der Waals surface area contributed by atoms with Gasteiger partial charge in [-0.25, -0.2) is 4.98 Å². The van der Waals surface area contributed by atoms with Crippen LogP contribution in [-0.2, 0) is 6.42 Å². The molecule has 0 aliphatic carbocycles. The number of Topliss-reactive ketones (excluding diaryl/α,β-unsaturated/α-hetero) is 1. The Labute approximate surface area is 176 Å². The van der Waals surface area contributed by atoms with E-state index in [1.54, 1.807) is 19.6 Å². The highest BCUT2D eigenvalue weighted by Crippen LogP contribution is 2.32. The van der Waals surface area contributed by atoms with Crippen LogP contribution in [0.4, 0.5) is 0 Å². The van der Waals surface area contributed by atoms with Gasteiger partial charge >= 0.3 is 0 Å². The molecule has 0 radical (unpaired) electrons. The highest BCUT2D eigenvalue weighted by molar-refractivity contribution is 5.95. The lowest BCUT2D eigenvalue weighted by molar-refractivity contribution is 0.0977. The Kier molecular flexibility index (Phi) is 7.38. The summed E-state index contributed by atoms with van der Waals surface area (Å²) in [5.41, 5.74) is 2.89. The van der Waals surface area contributed by atoms with Crippen molar-refractivity contribution < 1.29 is 18.7 Å². The number of methoxy groups -OCH3 is 1. The van der Waals surface area contributed by atoms with E-state index in [4.69, 9.17) is 13.9 Å².